The van der Waals surface area contributed by atoms with Gasteiger partial charge in [0, 0.05) is 38.3 Å². The quantitative estimate of drug-likeness (QED) is 0.846. The monoisotopic (exact) mass is 328 g/mol. The largest absolute Gasteiger partial charge is 0.358 e. The third kappa shape index (κ3) is 2.65. The molecule has 128 valence electrons. The van der Waals surface area contributed by atoms with Gasteiger partial charge in [0.25, 0.3) is 5.91 Å². The minimum absolute atomic E-state index is 0.0505. The Kier molecular flexibility index (Phi) is 3.92. The summed E-state index contributed by atoms with van der Waals surface area (Å²) in [6.45, 7) is 4.24. The first-order chi connectivity index (χ1) is 11.6. The highest BCUT2D eigenvalue weighted by Crippen LogP contribution is 2.36. The topological polar surface area (TPSA) is 55.9 Å². The molecule has 1 unspecified atom stereocenters. The van der Waals surface area contributed by atoms with E-state index >= 15 is 0 Å². The Morgan fingerprint density at radius 3 is 2.71 bits per heavy atom. The number of piperazine rings is 1. The normalized spacial score (nSPS) is 24.2. The molecule has 0 radical (unpaired) electrons. The van der Waals surface area contributed by atoms with Crippen molar-refractivity contribution in [1.82, 2.24) is 9.80 Å². The summed E-state index contributed by atoms with van der Waals surface area (Å²) >= 11 is 0. The summed E-state index contributed by atoms with van der Waals surface area (Å²) < 4.78 is 0. The number of fused-ring (bicyclic) bond motifs is 3. The van der Waals surface area contributed by atoms with Gasteiger partial charge in [0.1, 0.15) is 6.04 Å². The van der Waals surface area contributed by atoms with Gasteiger partial charge >= 0.3 is 0 Å². The Balaban J connectivity index is 1.58. The van der Waals surface area contributed by atoms with Crippen molar-refractivity contribution in [3.8, 4) is 0 Å². The minimum Gasteiger partial charge on any atom is -0.358 e. The molecule has 3 heterocycles. The van der Waals surface area contributed by atoms with Gasteiger partial charge in [-0.2, -0.15) is 0 Å². The van der Waals surface area contributed by atoms with Crippen LogP contribution in [0.1, 0.15) is 29.6 Å². The SMILES string of the molecule is CN1CCN(C(=O)c2ccc3c(c2)NC(=O)C2CCCCN32)CC1. The first-order valence-corrected chi connectivity index (χ1v) is 8.83. The van der Waals surface area contributed by atoms with E-state index in [1.165, 1.54) is 0 Å². The van der Waals surface area contributed by atoms with Crippen LogP contribution in [0, 0.1) is 0 Å². The predicted octanol–water partition coefficient (Wildman–Crippen LogP) is 1.39. The van der Waals surface area contributed by atoms with Gasteiger partial charge in [-0.25, -0.2) is 0 Å². The van der Waals surface area contributed by atoms with Crippen molar-refractivity contribution in [2.75, 3.05) is 50.0 Å². The fourth-order valence-electron chi connectivity index (χ4n) is 3.92. The average Bonchev–Trinajstić information content (AvgIpc) is 2.61. The van der Waals surface area contributed by atoms with E-state index in [9.17, 15) is 9.59 Å². The van der Waals surface area contributed by atoms with Gasteiger partial charge in [0.05, 0.1) is 11.4 Å². The first kappa shape index (κ1) is 15.4. The van der Waals surface area contributed by atoms with Gasteiger partial charge in [-0.15, -0.1) is 0 Å². The lowest BCUT2D eigenvalue weighted by atomic mass is 9.96. The van der Waals surface area contributed by atoms with Crippen LogP contribution in [0.3, 0.4) is 0 Å². The molecule has 1 aromatic carbocycles. The number of carbonyl (C=O) groups excluding carboxylic acids is 2. The van der Waals surface area contributed by atoms with Crippen molar-refractivity contribution >= 4 is 23.2 Å². The number of anilines is 2. The molecular weight excluding hydrogens is 304 g/mol. The molecule has 0 spiro atoms. The second-order valence-electron chi connectivity index (χ2n) is 7.02. The van der Waals surface area contributed by atoms with Crippen molar-refractivity contribution in [3.63, 3.8) is 0 Å². The van der Waals surface area contributed by atoms with Gasteiger partial charge in [-0.3, -0.25) is 9.59 Å². The molecular formula is C18H24N4O2. The van der Waals surface area contributed by atoms with Crippen molar-refractivity contribution < 1.29 is 9.59 Å². The molecule has 2 saturated heterocycles. The summed E-state index contributed by atoms with van der Waals surface area (Å²) in [5.74, 6) is 0.118. The third-order valence-electron chi connectivity index (χ3n) is 5.41. The molecule has 3 aliphatic heterocycles. The van der Waals surface area contributed by atoms with E-state index in [1.807, 2.05) is 23.1 Å². The Morgan fingerprint density at radius 1 is 1.12 bits per heavy atom. The molecule has 1 atom stereocenters. The molecule has 2 amide bonds. The fraction of sp³-hybridized carbons (Fsp3) is 0.556. The number of nitrogens with one attached hydrogen (secondary N) is 1. The molecule has 0 aromatic heterocycles. The molecule has 4 rings (SSSR count). The number of likely N-dealkylation sites (N-methyl/N-ethyl adjacent to an activating group) is 1. The van der Waals surface area contributed by atoms with Gasteiger partial charge in [-0.1, -0.05) is 0 Å². The van der Waals surface area contributed by atoms with Gasteiger partial charge in [-0.05, 0) is 44.5 Å². The van der Waals surface area contributed by atoms with E-state index in [0.717, 1.165) is 63.4 Å². The van der Waals surface area contributed by atoms with E-state index in [-0.39, 0.29) is 17.9 Å². The lowest BCUT2D eigenvalue weighted by Crippen LogP contribution is -2.50. The van der Waals surface area contributed by atoms with Crippen LogP contribution in [-0.4, -0.2) is 67.4 Å². The van der Waals surface area contributed by atoms with Crippen LogP contribution in [0.15, 0.2) is 18.2 Å². The number of piperidine rings is 1. The van der Waals surface area contributed by atoms with Crippen LogP contribution in [0.25, 0.3) is 0 Å². The highest BCUT2D eigenvalue weighted by molar-refractivity contribution is 6.05. The molecule has 1 N–H and O–H groups in total. The van der Waals surface area contributed by atoms with E-state index in [1.54, 1.807) is 0 Å². The summed E-state index contributed by atoms with van der Waals surface area (Å²) in [6, 6.07) is 5.70. The predicted molar refractivity (Wildman–Crippen MR) is 93.5 cm³/mol. The van der Waals surface area contributed by atoms with Crippen LogP contribution in [0.4, 0.5) is 11.4 Å². The Morgan fingerprint density at radius 2 is 1.92 bits per heavy atom. The highest BCUT2D eigenvalue weighted by atomic mass is 16.2. The summed E-state index contributed by atoms with van der Waals surface area (Å²) in [4.78, 5) is 31.4. The van der Waals surface area contributed by atoms with Crippen molar-refractivity contribution in [3.05, 3.63) is 23.8 Å². The van der Waals surface area contributed by atoms with E-state index < -0.39 is 0 Å². The van der Waals surface area contributed by atoms with Gasteiger partial charge < -0.3 is 20.0 Å². The maximum atomic E-state index is 12.7. The zero-order chi connectivity index (χ0) is 16.7. The first-order valence-electron chi connectivity index (χ1n) is 8.83. The summed E-state index contributed by atoms with van der Waals surface area (Å²) in [6.07, 6.45) is 3.13. The van der Waals surface area contributed by atoms with Gasteiger partial charge in [0.15, 0.2) is 0 Å². The number of benzene rings is 1. The Bertz CT molecular complexity index is 667. The standard InChI is InChI=1S/C18H24N4O2/c1-20-8-10-21(11-9-20)18(24)13-5-6-15-14(12-13)19-17(23)16-4-2-3-7-22(15)16/h5-6,12,16H,2-4,7-11H2,1H3,(H,19,23). The van der Waals surface area contributed by atoms with Crippen LogP contribution in [-0.2, 0) is 4.79 Å². The highest BCUT2D eigenvalue weighted by Gasteiger charge is 2.35. The number of amides is 2. The molecule has 3 aliphatic rings. The van der Waals surface area contributed by atoms with Crippen molar-refractivity contribution in [1.29, 1.82) is 0 Å². The zero-order valence-corrected chi connectivity index (χ0v) is 14.1. The van der Waals surface area contributed by atoms with E-state index in [2.05, 4.69) is 22.2 Å². The number of carbonyl (C=O) groups is 2. The molecule has 2 fully saturated rings. The van der Waals surface area contributed by atoms with Gasteiger partial charge in [0.2, 0.25) is 5.91 Å². The van der Waals surface area contributed by atoms with Crippen LogP contribution in [0.2, 0.25) is 0 Å². The van der Waals surface area contributed by atoms with Crippen LogP contribution < -0.4 is 10.2 Å². The molecule has 0 aliphatic carbocycles. The smallest absolute Gasteiger partial charge is 0.254 e. The summed E-state index contributed by atoms with van der Waals surface area (Å²) in [7, 11) is 2.07. The molecule has 24 heavy (non-hydrogen) atoms. The van der Waals surface area contributed by atoms with E-state index in [4.69, 9.17) is 0 Å². The van der Waals surface area contributed by atoms with Crippen molar-refractivity contribution in [2.24, 2.45) is 0 Å². The Hall–Kier alpha value is -2.08. The van der Waals surface area contributed by atoms with Crippen LogP contribution >= 0.6 is 0 Å². The maximum absolute atomic E-state index is 12.7. The lowest BCUT2D eigenvalue weighted by molar-refractivity contribution is -0.118. The summed E-state index contributed by atoms with van der Waals surface area (Å²) in [5.41, 5.74) is 2.49. The second-order valence-corrected chi connectivity index (χ2v) is 7.02. The maximum Gasteiger partial charge on any atom is 0.254 e. The Labute approximate surface area is 142 Å². The molecule has 0 saturated carbocycles. The van der Waals surface area contributed by atoms with Crippen LogP contribution in [0.5, 0.6) is 0 Å². The molecule has 1 aromatic rings. The third-order valence-corrected chi connectivity index (χ3v) is 5.41. The number of hydrogen-bond donors (Lipinski definition) is 1. The molecule has 6 heteroatoms. The van der Waals surface area contributed by atoms with E-state index in [0.29, 0.717) is 5.56 Å². The minimum atomic E-state index is -0.0505. The second kappa shape index (κ2) is 6.09. The number of rotatable bonds is 1. The molecule has 0 bridgehead atoms. The lowest BCUT2D eigenvalue weighted by Gasteiger charge is -2.41. The average molecular weight is 328 g/mol. The zero-order valence-electron chi connectivity index (χ0n) is 14.1. The summed E-state index contributed by atoms with van der Waals surface area (Å²) in [5, 5.41) is 3.00. The number of nitrogens with zero attached hydrogens (tertiary/aromatic N) is 3. The fourth-order valence-corrected chi connectivity index (χ4v) is 3.92. The number of hydrogen-bond acceptors (Lipinski definition) is 4. The molecule has 6 nitrogen and oxygen atoms in total. The van der Waals surface area contributed by atoms with Crippen molar-refractivity contribution in [2.45, 2.75) is 25.3 Å².